The quantitative estimate of drug-likeness (QED) is 0.162. The van der Waals surface area contributed by atoms with Gasteiger partial charge in [0.05, 0.1) is 23.7 Å². The molecule has 0 radical (unpaired) electrons. The van der Waals surface area contributed by atoms with E-state index in [1.54, 1.807) is 6.21 Å². The summed E-state index contributed by atoms with van der Waals surface area (Å²) in [6.07, 6.45) is -2.13. The number of hydrogen-bond donors (Lipinski definition) is 4. The van der Waals surface area contributed by atoms with Crippen LogP contribution in [-0.2, 0) is 17.4 Å². The summed E-state index contributed by atoms with van der Waals surface area (Å²) in [7, 11) is 0. The molecule has 2 unspecified atom stereocenters. The Morgan fingerprint density at radius 3 is 2.42 bits per heavy atom. The van der Waals surface area contributed by atoms with E-state index in [0.29, 0.717) is 6.07 Å². The first-order valence-electron chi connectivity index (χ1n) is 11.1. The minimum absolute atomic E-state index is 0.00268. The average molecular weight is 507 g/mol. The molecule has 3 rings (SSSR count). The maximum Gasteiger partial charge on any atom is 0.416 e. The van der Waals surface area contributed by atoms with E-state index >= 15 is 0 Å². The van der Waals surface area contributed by atoms with E-state index in [0.717, 1.165) is 28.6 Å². The van der Waals surface area contributed by atoms with Crippen molar-refractivity contribution < 1.29 is 27.2 Å². The number of benzene rings is 2. The minimum Gasteiger partial charge on any atom is -0.351 e. The predicted molar refractivity (Wildman–Crippen MR) is 126 cm³/mol. The maximum atomic E-state index is 13.9. The number of hydrogen-bond acceptors (Lipinski definition) is 6. The van der Waals surface area contributed by atoms with E-state index in [1.165, 1.54) is 0 Å². The van der Waals surface area contributed by atoms with Crippen LogP contribution >= 0.6 is 0 Å². The monoisotopic (exact) mass is 506 g/mol. The van der Waals surface area contributed by atoms with E-state index in [4.69, 9.17) is 11.3 Å². The molecule has 0 saturated carbocycles. The molecule has 1 aliphatic rings. The molecule has 0 saturated heterocycles. The van der Waals surface area contributed by atoms with Gasteiger partial charge in [-0.3, -0.25) is 25.8 Å². The van der Waals surface area contributed by atoms with Gasteiger partial charge in [-0.1, -0.05) is 31.2 Å². The molecule has 1 heterocycles. The molecule has 1 aliphatic heterocycles. The zero-order valence-corrected chi connectivity index (χ0v) is 19.4. The van der Waals surface area contributed by atoms with E-state index in [2.05, 4.69) is 15.6 Å². The number of alkyl halides is 3. The molecule has 2 amide bonds. The molecule has 2 aromatic rings. The number of carbonyl (C=O) groups excluding carboxylic acids is 2. The summed E-state index contributed by atoms with van der Waals surface area (Å²) in [5.74, 6) is 2.98. The summed E-state index contributed by atoms with van der Waals surface area (Å²) in [6.45, 7) is 1.71. The van der Waals surface area contributed by atoms with Gasteiger partial charge < -0.3 is 10.6 Å². The Morgan fingerprint density at radius 2 is 1.86 bits per heavy atom. The van der Waals surface area contributed by atoms with Gasteiger partial charge in [0.2, 0.25) is 0 Å². The molecular formula is C24H26F4N6O2. The third-order valence-corrected chi connectivity index (χ3v) is 5.56. The molecule has 36 heavy (non-hydrogen) atoms. The predicted octanol–water partition coefficient (Wildman–Crippen LogP) is 2.64. The SMILES string of the molecule is CCc1ccc(C(NC(=O)C(=N)CN(N)CCNC(=O)c2ccc(C(F)(F)F)cc2F)C2C=N2)cc1. The summed E-state index contributed by atoms with van der Waals surface area (Å²) in [5.41, 5.74) is -0.0405. The Labute approximate surface area is 205 Å². The second kappa shape index (κ2) is 11.4. The fraction of sp³-hybridized carbons (Fsp3) is 0.333. The number of halogens is 4. The van der Waals surface area contributed by atoms with Crippen LogP contribution in [0.15, 0.2) is 47.5 Å². The van der Waals surface area contributed by atoms with E-state index < -0.39 is 41.0 Å². The third-order valence-electron chi connectivity index (χ3n) is 5.56. The number of aryl methyl sites for hydroxylation is 1. The number of rotatable bonds is 11. The van der Waals surface area contributed by atoms with Gasteiger partial charge in [-0.2, -0.15) is 13.2 Å². The van der Waals surface area contributed by atoms with E-state index in [-0.39, 0.29) is 37.5 Å². The molecule has 2 aromatic carbocycles. The topological polar surface area (TPSA) is 124 Å². The van der Waals surface area contributed by atoms with Gasteiger partial charge in [-0.15, -0.1) is 0 Å². The van der Waals surface area contributed by atoms with Crippen LogP contribution in [0.5, 0.6) is 0 Å². The highest BCUT2D eigenvalue weighted by Gasteiger charge is 2.32. The molecule has 0 bridgehead atoms. The standard InChI is InChI=1S/C24H26F4N6O2/c1-2-14-3-5-15(6-4-14)21(20-12-32-20)33-23(36)19(29)13-34(30)10-9-31-22(35)17-8-7-16(11-18(17)25)24(26,27)28/h3-8,11-12,20-21,29H,2,9-10,13,30H2,1H3,(H,31,35)(H,33,36). The van der Waals surface area contributed by atoms with Gasteiger partial charge in [-0.05, 0) is 35.7 Å². The number of nitrogens with zero attached hydrogens (tertiary/aromatic N) is 2. The number of carbonyl (C=O) groups is 2. The van der Waals surface area contributed by atoms with Crippen molar-refractivity contribution in [3.05, 3.63) is 70.5 Å². The Bertz CT molecular complexity index is 1140. The van der Waals surface area contributed by atoms with Gasteiger partial charge in [0.25, 0.3) is 11.8 Å². The summed E-state index contributed by atoms with van der Waals surface area (Å²) < 4.78 is 51.8. The summed E-state index contributed by atoms with van der Waals surface area (Å²) in [4.78, 5) is 28.8. The molecule has 12 heteroatoms. The normalized spacial score (nSPS) is 15.5. The highest BCUT2D eigenvalue weighted by atomic mass is 19.4. The lowest BCUT2D eigenvalue weighted by Gasteiger charge is -2.20. The number of hydrazine groups is 1. The first-order chi connectivity index (χ1) is 17.0. The lowest BCUT2D eigenvalue weighted by atomic mass is 10.0. The van der Waals surface area contributed by atoms with Gasteiger partial charge >= 0.3 is 6.18 Å². The van der Waals surface area contributed by atoms with Crippen LogP contribution in [0.2, 0.25) is 0 Å². The zero-order valence-electron chi connectivity index (χ0n) is 19.4. The van der Waals surface area contributed by atoms with Crippen LogP contribution in [-0.4, -0.2) is 54.4 Å². The highest BCUT2D eigenvalue weighted by Crippen LogP contribution is 2.30. The largest absolute Gasteiger partial charge is 0.416 e. The smallest absolute Gasteiger partial charge is 0.351 e. The fourth-order valence-electron chi connectivity index (χ4n) is 3.41. The van der Waals surface area contributed by atoms with Crippen LogP contribution in [0, 0.1) is 11.2 Å². The Morgan fingerprint density at radius 1 is 1.19 bits per heavy atom. The maximum absolute atomic E-state index is 13.9. The van der Waals surface area contributed by atoms with Gasteiger partial charge in [0.1, 0.15) is 17.6 Å². The molecule has 5 N–H and O–H groups in total. The number of aliphatic imine (C=N–C) groups is 1. The average Bonchev–Trinajstić information content (AvgIpc) is 3.67. The minimum atomic E-state index is -4.72. The molecule has 0 fully saturated rings. The second-order valence-electron chi connectivity index (χ2n) is 8.23. The van der Waals surface area contributed by atoms with Crippen LogP contribution in [0.25, 0.3) is 0 Å². The van der Waals surface area contributed by atoms with Crippen LogP contribution < -0.4 is 16.5 Å². The fourth-order valence-corrected chi connectivity index (χ4v) is 3.41. The number of nitrogens with two attached hydrogens (primary N) is 1. The van der Waals surface area contributed by atoms with Crippen molar-refractivity contribution in [2.45, 2.75) is 31.6 Å². The van der Waals surface area contributed by atoms with Crippen molar-refractivity contribution in [3.8, 4) is 0 Å². The second-order valence-corrected chi connectivity index (χ2v) is 8.23. The molecule has 192 valence electrons. The molecule has 0 aromatic heterocycles. The van der Waals surface area contributed by atoms with Crippen molar-refractivity contribution in [1.29, 1.82) is 5.41 Å². The molecular weight excluding hydrogens is 480 g/mol. The van der Waals surface area contributed by atoms with Crippen molar-refractivity contribution in [2.75, 3.05) is 19.6 Å². The van der Waals surface area contributed by atoms with Crippen molar-refractivity contribution in [2.24, 2.45) is 10.8 Å². The molecule has 2 atom stereocenters. The highest BCUT2D eigenvalue weighted by molar-refractivity contribution is 6.38. The Kier molecular flexibility index (Phi) is 8.53. The zero-order chi connectivity index (χ0) is 26.5. The summed E-state index contributed by atoms with van der Waals surface area (Å²) in [6, 6.07) is 8.79. The number of nitrogens with one attached hydrogen (secondary N) is 3. The summed E-state index contributed by atoms with van der Waals surface area (Å²) in [5, 5.41) is 14.3. The van der Waals surface area contributed by atoms with Crippen molar-refractivity contribution in [3.63, 3.8) is 0 Å². The first-order valence-corrected chi connectivity index (χ1v) is 11.1. The third kappa shape index (κ3) is 7.18. The first kappa shape index (κ1) is 27.0. The van der Waals surface area contributed by atoms with Gasteiger partial charge in [0.15, 0.2) is 0 Å². The van der Waals surface area contributed by atoms with Crippen LogP contribution in [0.1, 0.15) is 40.0 Å². The molecule has 0 aliphatic carbocycles. The Hall–Kier alpha value is -3.64. The lowest BCUT2D eigenvalue weighted by molar-refractivity contribution is -0.137. The van der Waals surface area contributed by atoms with Crippen molar-refractivity contribution >= 4 is 23.7 Å². The lowest BCUT2D eigenvalue weighted by Crippen LogP contribution is -2.46. The van der Waals surface area contributed by atoms with Gasteiger partial charge in [0, 0.05) is 19.3 Å². The number of amides is 2. The van der Waals surface area contributed by atoms with Crippen LogP contribution in [0.4, 0.5) is 17.6 Å². The van der Waals surface area contributed by atoms with E-state index in [1.807, 2.05) is 31.2 Å². The molecule has 8 nitrogen and oxygen atoms in total. The summed E-state index contributed by atoms with van der Waals surface area (Å²) >= 11 is 0. The van der Waals surface area contributed by atoms with Crippen molar-refractivity contribution in [1.82, 2.24) is 15.6 Å². The Balaban J connectivity index is 1.46. The van der Waals surface area contributed by atoms with E-state index in [9.17, 15) is 27.2 Å². The van der Waals surface area contributed by atoms with Crippen LogP contribution in [0.3, 0.4) is 0 Å². The molecule has 0 spiro atoms. The van der Waals surface area contributed by atoms with Gasteiger partial charge in [-0.25, -0.2) is 9.40 Å².